The van der Waals surface area contributed by atoms with Gasteiger partial charge in [-0.1, -0.05) is 42.5 Å². The zero-order valence-electron chi connectivity index (χ0n) is 15.0. The smallest absolute Gasteiger partial charge is 0.475 e. The Bertz CT molecular complexity index is 919. The van der Waals surface area contributed by atoms with E-state index < -0.39 is 12.2 Å². The molecule has 0 amide bonds. The van der Waals surface area contributed by atoms with Gasteiger partial charge in [-0.05, 0) is 23.3 Å². The Kier molecular flexibility index (Phi) is 6.48. The fraction of sp³-hybridized carbons (Fsp3) is 0.200. The van der Waals surface area contributed by atoms with Crippen LogP contribution in [0.15, 0.2) is 60.8 Å². The highest BCUT2D eigenvalue weighted by molar-refractivity contribution is 5.27. The maximum atomic E-state index is 13.8. The lowest BCUT2D eigenvalue weighted by Gasteiger charge is -2.10. The van der Waals surface area contributed by atoms with Crippen molar-refractivity contribution in [3.05, 3.63) is 77.7 Å². The van der Waals surface area contributed by atoms with E-state index in [1.807, 2.05) is 30.3 Å². The molecule has 29 heavy (non-hydrogen) atoms. The summed E-state index contributed by atoms with van der Waals surface area (Å²) in [5.41, 5.74) is 1.59. The number of ether oxygens (including phenoxy) is 3. The highest BCUT2D eigenvalue weighted by Gasteiger charge is 2.30. The minimum Gasteiger partial charge on any atom is -0.475 e. The molecule has 0 aliphatic rings. The number of rotatable bonds is 8. The molecule has 1 aromatic heterocycles. The SMILES string of the molecule is Fc1cnc(OCc2ccccc2)nc1OCCc1ccc(OC(F)(F)F)cc1. The summed E-state index contributed by atoms with van der Waals surface area (Å²) in [4.78, 5) is 7.66. The van der Waals surface area contributed by atoms with Gasteiger partial charge in [-0.3, -0.25) is 0 Å². The van der Waals surface area contributed by atoms with Gasteiger partial charge in [-0.25, -0.2) is 4.98 Å². The first-order valence-electron chi connectivity index (χ1n) is 8.56. The van der Waals surface area contributed by atoms with Gasteiger partial charge in [0.25, 0.3) is 5.88 Å². The third kappa shape index (κ3) is 6.63. The fourth-order valence-corrected chi connectivity index (χ4v) is 2.35. The van der Waals surface area contributed by atoms with Crippen molar-refractivity contribution in [2.75, 3.05) is 6.61 Å². The molecule has 0 saturated heterocycles. The van der Waals surface area contributed by atoms with Gasteiger partial charge in [-0.15, -0.1) is 13.2 Å². The van der Waals surface area contributed by atoms with Gasteiger partial charge < -0.3 is 14.2 Å². The molecule has 0 bridgehead atoms. The first-order chi connectivity index (χ1) is 13.9. The third-order valence-electron chi connectivity index (χ3n) is 3.69. The molecule has 0 unspecified atom stereocenters. The van der Waals surface area contributed by atoms with Gasteiger partial charge in [0.2, 0.25) is 5.82 Å². The monoisotopic (exact) mass is 408 g/mol. The van der Waals surface area contributed by atoms with Gasteiger partial charge in [-0.2, -0.15) is 9.37 Å². The summed E-state index contributed by atoms with van der Waals surface area (Å²) < 4.78 is 64.9. The Morgan fingerprint density at radius 3 is 2.28 bits per heavy atom. The van der Waals surface area contributed by atoms with Gasteiger partial charge in [0.15, 0.2) is 0 Å². The topological polar surface area (TPSA) is 53.5 Å². The van der Waals surface area contributed by atoms with Crippen molar-refractivity contribution in [2.45, 2.75) is 19.4 Å². The number of alkyl halides is 3. The number of nitrogens with zero attached hydrogens (tertiary/aromatic N) is 2. The molecular weight excluding hydrogens is 392 g/mol. The first kappa shape index (κ1) is 20.4. The maximum absolute atomic E-state index is 13.8. The molecule has 0 saturated carbocycles. The van der Waals surface area contributed by atoms with E-state index in [0.717, 1.165) is 11.8 Å². The lowest BCUT2D eigenvalue weighted by atomic mass is 10.1. The first-order valence-corrected chi connectivity index (χ1v) is 8.56. The predicted octanol–water partition coefficient (Wildman–Crippen LogP) is 4.71. The van der Waals surface area contributed by atoms with Crippen molar-refractivity contribution >= 4 is 0 Å². The minimum absolute atomic E-state index is 0.0288. The molecule has 152 valence electrons. The molecule has 0 aliphatic heterocycles. The Labute approximate surface area is 163 Å². The molecule has 1 heterocycles. The number of halogens is 4. The largest absolute Gasteiger partial charge is 0.573 e. The van der Waals surface area contributed by atoms with E-state index in [9.17, 15) is 17.6 Å². The highest BCUT2D eigenvalue weighted by Crippen LogP contribution is 2.23. The van der Waals surface area contributed by atoms with Crippen LogP contribution in [0.3, 0.4) is 0 Å². The number of aromatic nitrogens is 2. The molecule has 0 aliphatic carbocycles. The molecule has 0 fully saturated rings. The van der Waals surface area contributed by atoms with Crippen LogP contribution in [0.4, 0.5) is 17.6 Å². The van der Waals surface area contributed by atoms with Crippen LogP contribution in [0.25, 0.3) is 0 Å². The summed E-state index contributed by atoms with van der Waals surface area (Å²) >= 11 is 0. The second kappa shape index (κ2) is 9.22. The summed E-state index contributed by atoms with van der Waals surface area (Å²) in [6, 6.07) is 14.6. The molecular formula is C20H16F4N2O3. The van der Waals surface area contributed by atoms with E-state index in [1.165, 1.54) is 24.3 Å². The second-order valence-corrected chi connectivity index (χ2v) is 5.87. The molecule has 0 atom stereocenters. The Balaban J connectivity index is 1.52. The molecule has 0 spiro atoms. The summed E-state index contributed by atoms with van der Waals surface area (Å²) in [6.07, 6.45) is -3.46. The van der Waals surface area contributed by atoms with E-state index in [4.69, 9.17) is 9.47 Å². The predicted molar refractivity (Wildman–Crippen MR) is 95.1 cm³/mol. The van der Waals surface area contributed by atoms with Gasteiger partial charge in [0.1, 0.15) is 12.4 Å². The van der Waals surface area contributed by atoms with Crippen LogP contribution in [0.1, 0.15) is 11.1 Å². The average Bonchev–Trinajstić information content (AvgIpc) is 2.69. The van der Waals surface area contributed by atoms with Crippen LogP contribution in [0, 0.1) is 5.82 Å². The number of benzene rings is 2. The second-order valence-electron chi connectivity index (χ2n) is 5.87. The van der Waals surface area contributed by atoms with Crippen molar-refractivity contribution in [2.24, 2.45) is 0 Å². The van der Waals surface area contributed by atoms with E-state index in [0.29, 0.717) is 12.0 Å². The molecule has 5 nitrogen and oxygen atoms in total. The quantitative estimate of drug-likeness (QED) is 0.505. The standard InChI is InChI=1S/C20H16F4N2O3/c21-17-12-25-19(28-13-15-4-2-1-3-5-15)26-18(17)27-11-10-14-6-8-16(9-7-14)29-20(22,23)24/h1-9,12H,10-11,13H2. The van der Waals surface area contributed by atoms with Crippen LogP contribution in [-0.2, 0) is 13.0 Å². The molecule has 9 heteroatoms. The average molecular weight is 408 g/mol. The van der Waals surface area contributed by atoms with Crippen LogP contribution >= 0.6 is 0 Å². The lowest BCUT2D eigenvalue weighted by molar-refractivity contribution is -0.274. The van der Waals surface area contributed by atoms with E-state index in [1.54, 1.807) is 0 Å². The van der Waals surface area contributed by atoms with Crippen LogP contribution in [-0.4, -0.2) is 22.9 Å². The summed E-state index contributed by atoms with van der Waals surface area (Å²) in [5, 5.41) is 0. The molecule has 0 radical (unpaired) electrons. The van der Waals surface area contributed by atoms with Gasteiger partial charge in [0, 0.05) is 6.42 Å². The Hall–Kier alpha value is -3.36. The van der Waals surface area contributed by atoms with Gasteiger partial charge in [0.05, 0.1) is 12.8 Å². The molecule has 0 N–H and O–H groups in total. The molecule has 3 aromatic rings. The zero-order valence-corrected chi connectivity index (χ0v) is 15.0. The fourth-order valence-electron chi connectivity index (χ4n) is 2.35. The minimum atomic E-state index is -4.74. The van der Waals surface area contributed by atoms with Crippen molar-refractivity contribution < 1.29 is 31.8 Å². The Morgan fingerprint density at radius 1 is 0.862 bits per heavy atom. The summed E-state index contributed by atoms with van der Waals surface area (Å²) in [7, 11) is 0. The van der Waals surface area contributed by atoms with Crippen LogP contribution in [0.2, 0.25) is 0 Å². The number of hydrogen-bond donors (Lipinski definition) is 0. The summed E-state index contributed by atoms with van der Waals surface area (Å²) in [6.45, 7) is 0.282. The van der Waals surface area contributed by atoms with Crippen molar-refractivity contribution in [1.29, 1.82) is 0 Å². The van der Waals surface area contributed by atoms with Crippen molar-refractivity contribution in [3.8, 4) is 17.6 Å². The Morgan fingerprint density at radius 2 is 1.59 bits per heavy atom. The zero-order chi connectivity index (χ0) is 20.7. The highest BCUT2D eigenvalue weighted by atomic mass is 19.4. The maximum Gasteiger partial charge on any atom is 0.573 e. The van der Waals surface area contributed by atoms with Crippen molar-refractivity contribution in [3.63, 3.8) is 0 Å². The van der Waals surface area contributed by atoms with Crippen molar-refractivity contribution in [1.82, 2.24) is 9.97 Å². The lowest BCUT2D eigenvalue weighted by Crippen LogP contribution is -2.17. The van der Waals surface area contributed by atoms with Gasteiger partial charge >= 0.3 is 12.4 Å². The number of hydrogen-bond acceptors (Lipinski definition) is 5. The third-order valence-corrected chi connectivity index (χ3v) is 3.69. The van der Waals surface area contributed by atoms with E-state index >= 15 is 0 Å². The van der Waals surface area contributed by atoms with E-state index in [2.05, 4.69) is 14.7 Å². The van der Waals surface area contributed by atoms with E-state index in [-0.39, 0.29) is 30.9 Å². The van der Waals surface area contributed by atoms with Crippen LogP contribution < -0.4 is 14.2 Å². The molecule has 2 aromatic carbocycles. The summed E-state index contributed by atoms with van der Waals surface area (Å²) in [5.74, 6) is -1.32. The van der Waals surface area contributed by atoms with Crippen LogP contribution in [0.5, 0.6) is 17.6 Å². The normalized spacial score (nSPS) is 11.2. The molecule has 3 rings (SSSR count).